The topological polar surface area (TPSA) is 50.2 Å². The Morgan fingerprint density at radius 1 is 1.47 bits per heavy atom. The lowest BCUT2D eigenvalue weighted by Crippen LogP contribution is -2.38. The lowest BCUT2D eigenvalue weighted by Gasteiger charge is -2.32. The number of carbonyl (C=O) groups excluding carboxylic acids is 1. The molecule has 0 aliphatic carbocycles. The summed E-state index contributed by atoms with van der Waals surface area (Å²) in [5, 5.41) is 7.30. The van der Waals surface area contributed by atoms with Crippen molar-refractivity contribution in [2.45, 2.75) is 31.6 Å². The number of hydrogen-bond acceptors (Lipinski definition) is 3. The molecule has 0 spiro atoms. The Morgan fingerprint density at radius 3 is 2.79 bits per heavy atom. The van der Waals surface area contributed by atoms with Gasteiger partial charge in [-0.2, -0.15) is 5.10 Å². The van der Waals surface area contributed by atoms with Gasteiger partial charge in [-0.05, 0) is 38.9 Å². The summed E-state index contributed by atoms with van der Waals surface area (Å²) in [7, 11) is 3.91. The molecule has 0 bridgehead atoms. The van der Waals surface area contributed by atoms with Crippen molar-refractivity contribution in [1.29, 1.82) is 0 Å². The van der Waals surface area contributed by atoms with Crippen LogP contribution in [0.25, 0.3) is 0 Å². The molecule has 1 fully saturated rings. The number of piperidine rings is 1. The predicted octanol–water partition coefficient (Wildman–Crippen LogP) is 1.13. The van der Waals surface area contributed by atoms with Crippen LogP contribution < -0.4 is 5.32 Å². The third-order valence-electron chi connectivity index (χ3n) is 3.94. The Hall–Kier alpha value is -1.36. The van der Waals surface area contributed by atoms with Crippen molar-refractivity contribution >= 4 is 5.91 Å². The van der Waals surface area contributed by atoms with Gasteiger partial charge in [0, 0.05) is 44.4 Å². The number of rotatable bonds is 5. The van der Waals surface area contributed by atoms with E-state index in [2.05, 4.69) is 16.5 Å². The summed E-state index contributed by atoms with van der Waals surface area (Å²) in [5.74, 6) is 0.854. The number of likely N-dealkylation sites (tertiary alicyclic amines) is 1. The Kier molecular flexibility index (Phi) is 4.96. The fourth-order valence-corrected chi connectivity index (χ4v) is 2.78. The van der Waals surface area contributed by atoms with Gasteiger partial charge in [-0.25, -0.2) is 0 Å². The van der Waals surface area contributed by atoms with Gasteiger partial charge in [-0.1, -0.05) is 0 Å². The molecule has 0 aromatic carbocycles. The lowest BCUT2D eigenvalue weighted by molar-refractivity contribution is -0.132. The van der Waals surface area contributed by atoms with E-state index in [0.29, 0.717) is 18.2 Å². The van der Waals surface area contributed by atoms with Gasteiger partial charge >= 0.3 is 0 Å². The van der Waals surface area contributed by atoms with E-state index in [9.17, 15) is 4.79 Å². The highest BCUT2D eigenvalue weighted by Gasteiger charge is 2.24. The number of aryl methyl sites for hydroxylation is 1. The van der Waals surface area contributed by atoms with Crippen molar-refractivity contribution in [3.63, 3.8) is 0 Å². The molecule has 1 aromatic heterocycles. The summed E-state index contributed by atoms with van der Waals surface area (Å²) in [4.78, 5) is 14.0. The van der Waals surface area contributed by atoms with Gasteiger partial charge in [0.1, 0.15) is 0 Å². The first-order chi connectivity index (χ1) is 9.22. The zero-order valence-corrected chi connectivity index (χ0v) is 11.9. The molecule has 1 aliphatic rings. The molecule has 5 heteroatoms. The molecule has 0 atom stereocenters. The molecule has 1 saturated heterocycles. The van der Waals surface area contributed by atoms with Crippen LogP contribution in [0.1, 0.15) is 37.3 Å². The molecule has 106 valence electrons. The number of hydrogen-bond donors (Lipinski definition) is 1. The van der Waals surface area contributed by atoms with Crippen LogP contribution in [0.5, 0.6) is 0 Å². The molecule has 2 rings (SSSR count). The van der Waals surface area contributed by atoms with Crippen molar-refractivity contribution in [1.82, 2.24) is 20.0 Å². The molecular weight excluding hydrogens is 240 g/mol. The van der Waals surface area contributed by atoms with Crippen LogP contribution in [0.4, 0.5) is 0 Å². The van der Waals surface area contributed by atoms with Crippen molar-refractivity contribution in [3.8, 4) is 0 Å². The average molecular weight is 264 g/mol. The third kappa shape index (κ3) is 3.56. The second-order valence-electron chi connectivity index (χ2n) is 5.24. The maximum absolute atomic E-state index is 12.0. The second kappa shape index (κ2) is 6.70. The van der Waals surface area contributed by atoms with Gasteiger partial charge in [0.15, 0.2) is 0 Å². The SMILES string of the molecule is CNCCCC(=O)N1CCC(c2ccnn2C)CC1. The number of carbonyl (C=O) groups is 1. The number of aromatic nitrogens is 2. The summed E-state index contributed by atoms with van der Waals surface area (Å²) in [6.07, 6.45) is 5.55. The molecule has 1 N–H and O–H groups in total. The summed E-state index contributed by atoms with van der Waals surface area (Å²) in [6, 6.07) is 2.09. The molecule has 19 heavy (non-hydrogen) atoms. The van der Waals surface area contributed by atoms with Crippen LogP contribution in [0.2, 0.25) is 0 Å². The fraction of sp³-hybridized carbons (Fsp3) is 0.714. The Labute approximate surface area is 115 Å². The summed E-state index contributed by atoms with van der Waals surface area (Å²) >= 11 is 0. The molecule has 0 radical (unpaired) electrons. The van der Waals surface area contributed by atoms with E-state index in [1.165, 1.54) is 5.69 Å². The molecule has 1 aliphatic heterocycles. The molecule has 1 aromatic rings. The van der Waals surface area contributed by atoms with Crippen molar-refractivity contribution < 1.29 is 4.79 Å². The smallest absolute Gasteiger partial charge is 0.222 e. The first-order valence-corrected chi connectivity index (χ1v) is 7.12. The summed E-state index contributed by atoms with van der Waals surface area (Å²) in [5.41, 5.74) is 1.29. The average Bonchev–Trinajstić information content (AvgIpc) is 2.85. The fourth-order valence-electron chi connectivity index (χ4n) is 2.78. The molecule has 0 unspecified atom stereocenters. The van der Waals surface area contributed by atoms with E-state index in [0.717, 1.165) is 38.9 Å². The van der Waals surface area contributed by atoms with Gasteiger partial charge < -0.3 is 10.2 Å². The van der Waals surface area contributed by atoms with E-state index in [1.54, 1.807) is 0 Å². The number of nitrogens with one attached hydrogen (secondary N) is 1. The largest absolute Gasteiger partial charge is 0.343 e. The minimum absolute atomic E-state index is 0.304. The van der Waals surface area contributed by atoms with Crippen LogP contribution in [0.15, 0.2) is 12.3 Å². The zero-order chi connectivity index (χ0) is 13.7. The first kappa shape index (κ1) is 14.1. The van der Waals surface area contributed by atoms with E-state index in [4.69, 9.17) is 0 Å². The normalized spacial score (nSPS) is 16.8. The van der Waals surface area contributed by atoms with Crippen LogP contribution >= 0.6 is 0 Å². The summed E-state index contributed by atoms with van der Waals surface area (Å²) < 4.78 is 1.95. The van der Waals surface area contributed by atoms with Crippen molar-refractivity contribution in [2.24, 2.45) is 7.05 Å². The van der Waals surface area contributed by atoms with Gasteiger partial charge in [-0.3, -0.25) is 9.48 Å². The quantitative estimate of drug-likeness (QED) is 0.811. The molecule has 5 nitrogen and oxygen atoms in total. The van der Waals surface area contributed by atoms with Crippen molar-refractivity contribution in [3.05, 3.63) is 18.0 Å². The van der Waals surface area contributed by atoms with Gasteiger partial charge in [0.05, 0.1) is 0 Å². The van der Waals surface area contributed by atoms with E-state index >= 15 is 0 Å². The highest BCUT2D eigenvalue weighted by atomic mass is 16.2. The minimum Gasteiger partial charge on any atom is -0.343 e. The highest BCUT2D eigenvalue weighted by Crippen LogP contribution is 2.27. The van der Waals surface area contributed by atoms with Crippen LogP contribution in [-0.2, 0) is 11.8 Å². The monoisotopic (exact) mass is 264 g/mol. The second-order valence-corrected chi connectivity index (χ2v) is 5.24. The van der Waals surface area contributed by atoms with E-state index in [1.807, 2.05) is 29.9 Å². The zero-order valence-electron chi connectivity index (χ0n) is 11.9. The van der Waals surface area contributed by atoms with Crippen LogP contribution in [0.3, 0.4) is 0 Å². The number of amides is 1. The minimum atomic E-state index is 0.304. The Bertz CT molecular complexity index is 407. The maximum Gasteiger partial charge on any atom is 0.222 e. The Morgan fingerprint density at radius 2 is 2.21 bits per heavy atom. The molecular formula is C14H24N4O. The van der Waals surface area contributed by atoms with Gasteiger partial charge in [-0.15, -0.1) is 0 Å². The molecule has 0 saturated carbocycles. The Balaban J connectivity index is 1.79. The maximum atomic E-state index is 12.0. The highest BCUT2D eigenvalue weighted by molar-refractivity contribution is 5.76. The number of nitrogens with zero attached hydrogens (tertiary/aromatic N) is 3. The molecule has 1 amide bonds. The molecule has 2 heterocycles. The van der Waals surface area contributed by atoms with Crippen LogP contribution in [-0.4, -0.2) is 47.3 Å². The van der Waals surface area contributed by atoms with Gasteiger partial charge in [0.25, 0.3) is 0 Å². The third-order valence-corrected chi connectivity index (χ3v) is 3.94. The summed E-state index contributed by atoms with van der Waals surface area (Å²) in [6.45, 7) is 2.68. The van der Waals surface area contributed by atoms with E-state index in [-0.39, 0.29) is 0 Å². The standard InChI is InChI=1S/C14H24N4O/c1-15-8-3-4-14(19)18-10-6-12(7-11-18)13-5-9-16-17(13)2/h5,9,12,15H,3-4,6-8,10-11H2,1-2H3. The van der Waals surface area contributed by atoms with Crippen LogP contribution in [0, 0.1) is 0 Å². The van der Waals surface area contributed by atoms with E-state index < -0.39 is 0 Å². The van der Waals surface area contributed by atoms with Gasteiger partial charge in [0.2, 0.25) is 5.91 Å². The van der Waals surface area contributed by atoms with Crippen molar-refractivity contribution in [2.75, 3.05) is 26.7 Å². The predicted molar refractivity (Wildman–Crippen MR) is 74.9 cm³/mol. The first-order valence-electron chi connectivity index (χ1n) is 7.12. The lowest BCUT2D eigenvalue weighted by atomic mass is 9.93.